The molecule has 2 amide bonds. The Hall–Kier alpha value is -3.00. The normalized spacial score (nSPS) is 18.2. The van der Waals surface area contributed by atoms with Gasteiger partial charge in [0.05, 0.1) is 30.7 Å². The molecule has 8 heteroatoms. The van der Waals surface area contributed by atoms with Gasteiger partial charge in [-0.05, 0) is 74.4 Å². The van der Waals surface area contributed by atoms with Crippen LogP contribution in [0.15, 0.2) is 47.6 Å². The van der Waals surface area contributed by atoms with Crippen molar-refractivity contribution in [2.45, 2.75) is 76.7 Å². The standard InChI is InChI=1S/C28H35N3O4S/c1-4-8-26(32)29-21-14-11-19(12-15-21)18-31-28(33)36-25(5-2)27(30-31)20-13-16-23(34-3)24(17-20)35-22-9-6-7-10-22/h11-17,22,25H,4-10,18H2,1-3H3,(H,29,32). The van der Waals surface area contributed by atoms with Gasteiger partial charge in [-0.1, -0.05) is 37.7 Å². The molecule has 36 heavy (non-hydrogen) atoms. The number of methoxy groups -OCH3 is 1. The molecule has 0 spiro atoms. The van der Waals surface area contributed by atoms with Gasteiger partial charge in [-0.25, -0.2) is 5.01 Å². The molecule has 1 unspecified atom stereocenters. The number of ether oxygens (including phenoxy) is 2. The summed E-state index contributed by atoms with van der Waals surface area (Å²) in [6.07, 6.45) is 6.81. The molecule has 1 atom stereocenters. The number of thioether (sulfide) groups is 1. The third-order valence-corrected chi connectivity index (χ3v) is 7.71. The zero-order valence-corrected chi connectivity index (χ0v) is 22.1. The van der Waals surface area contributed by atoms with Gasteiger partial charge >= 0.3 is 5.24 Å². The quantitative estimate of drug-likeness (QED) is 0.390. The molecule has 2 aromatic carbocycles. The molecule has 192 valence electrons. The number of rotatable bonds is 10. The minimum Gasteiger partial charge on any atom is -0.493 e. The van der Waals surface area contributed by atoms with Gasteiger partial charge in [-0.15, -0.1) is 0 Å². The highest BCUT2D eigenvalue weighted by atomic mass is 32.2. The monoisotopic (exact) mass is 509 g/mol. The molecule has 1 heterocycles. The van der Waals surface area contributed by atoms with Gasteiger partial charge in [0.25, 0.3) is 0 Å². The lowest BCUT2D eigenvalue weighted by atomic mass is 10.0. The van der Waals surface area contributed by atoms with Crippen LogP contribution in [0.2, 0.25) is 0 Å². The third kappa shape index (κ3) is 6.40. The van der Waals surface area contributed by atoms with Crippen LogP contribution in [0.25, 0.3) is 0 Å². The lowest BCUT2D eigenvalue weighted by molar-refractivity contribution is -0.116. The van der Waals surface area contributed by atoms with Crippen molar-refractivity contribution >= 4 is 34.3 Å². The van der Waals surface area contributed by atoms with Gasteiger partial charge in [0, 0.05) is 17.7 Å². The van der Waals surface area contributed by atoms with Crippen LogP contribution in [-0.4, -0.2) is 40.3 Å². The maximum Gasteiger partial charge on any atom is 0.302 e. The Morgan fingerprint density at radius 3 is 2.53 bits per heavy atom. The molecule has 0 aromatic heterocycles. The van der Waals surface area contributed by atoms with Crippen LogP contribution in [-0.2, 0) is 11.3 Å². The number of hydrogen-bond acceptors (Lipinski definition) is 6. The van der Waals surface area contributed by atoms with E-state index in [-0.39, 0.29) is 22.5 Å². The summed E-state index contributed by atoms with van der Waals surface area (Å²) in [5, 5.41) is 9.14. The first-order chi connectivity index (χ1) is 17.5. The minimum atomic E-state index is -0.0677. The fourth-order valence-electron chi connectivity index (χ4n) is 4.52. The van der Waals surface area contributed by atoms with Gasteiger partial charge in [-0.3, -0.25) is 9.59 Å². The molecule has 0 saturated heterocycles. The molecule has 1 saturated carbocycles. The van der Waals surface area contributed by atoms with Gasteiger partial charge in [0.2, 0.25) is 5.91 Å². The van der Waals surface area contributed by atoms with Gasteiger partial charge in [-0.2, -0.15) is 5.10 Å². The molecule has 1 N–H and O–H groups in total. The van der Waals surface area contributed by atoms with Crippen LogP contribution in [0.4, 0.5) is 10.5 Å². The Morgan fingerprint density at radius 1 is 1.11 bits per heavy atom. The van der Waals surface area contributed by atoms with Crippen molar-refractivity contribution in [2.24, 2.45) is 5.10 Å². The number of amides is 2. The van der Waals surface area contributed by atoms with Crippen LogP contribution >= 0.6 is 11.8 Å². The van der Waals surface area contributed by atoms with Crippen LogP contribution in [0, 0.1) is 0 Å². The van der Waals surface area contributed by atoms with Crippen LogP contribution in [0.3, 0.4) is 0 Å². The van der Waals surface area contributed by atoms with Crippen LogP contribution < -0.4 is 14.8 Å². The Labute approximate surface area is 217 Å². The zero-order valence-electron chi connectivity index (χ0n) is 21.3. The Balaban J connectivity index is 1.55. The van der Waals surface area contributed by atoms with E-state index in [4.69, 9.17) is 14.6 Å². The molecular weight excluding hydrogens is 474 g/mol. The van der Waals surface area contributed by atoms with Crippen molar-refractivity contribution in [3.8, 4) is 11.5 Å². The maximum absolute atomic E-state index is 12.9. The second-order valence-electron chi connectivity index (χ2n) is 9.21. The average molecular weight is 510 g/mol. The summed E-state index contributed by atoms with van der Waals surface area (Å²) in [5.74, 6) is 1.44. The van der Waals surface area contributed by atoms with E-state index in [9.17, 15) is 9.59 Å². The van der Waals surface area contributed by atoms with Crippen LogP contribution in [0.1, 0.15) is 69.9 Å². The molecule has 1 aliphatic carbocycles. The van der Waals surface area contributed by atoms with E-state index in [0.717, 1.165) is 54.0 Å². The summed E-state index contributed by atoms with van der Waals surface area (Å²) >= 11 is 1.31. The SMILES string of the molecule is CCCC(=O)Nc1ccc(CN2N=C(c3ccc(OC)c(OC4CCCC4)c3)C(CC)SC2=O)cc1. The summed E-state index contributed by atoms with van der Waals surface area (Å²) in [5.41, 5.74) is 3.49. The predicted octanol–water partition coefficient (Wildman–Crippen LogP) is 6.61. The highest BCUT2D eigenvalue weighted by Crippen LogP contribution is 2.36. The molecule has 4 rings (SSSR count). The Kier molecular flexibility index (Phi) is 8.91. The summed E-state index contributed by atoms with van der Waals surface area (Å²) in [7, 11) is 1.65. The third-order valence-electron chi connectivity index (χ3n) is 6.46. The number of hydrazone groups is 1. The van der Waals surface area contributed by atoms with Gasteiger partial charge in [0.1, 0.15) is 0 Å². The fraction of sp³-hybridized carbons (Fsp3) is 0.464. The van der Waals surface area contributed by atoms with Crippen molar-refractivity contribution in [1.82, 2.24) is 5.01 Å². The molecule has 1 fully saturated rings. The summed E-state index contributed by atoms with van der Waals surface area (Å²) in [6, 6.07) is 13.5. The lowest BCUT2D eigenvalue weighted by Crippen LogP contribution is -2.34. The first kappa shape index (κ1) is 26.1. The fourth-order valence-corrected chi connectivity index (χ4v) is 5.46. The van der Waals surface area contributed by atoms with E-state index in [1.54, 1.807) is 7.11 Å². The summed E-state index contributed by atoms with van der Waals surface area (Å²) in [6.45, 7) is 4.40. The zero-order chi connectivity index (χ0) is 25.5. The summed E-state index contributed by atoms with van der Waals surface area (Å²) < 4.78 is 11.9. The molecular formula is C28H35N3O4S. The Bertz CT molecular complexity index is 1100. The molecule has 0 radical (unpaired) electrons. The van der Waals surface area contributed by atoms with Gasteiger partial charge < -0.3 is 14.8 Å². The lowest BCUT2D eigenvalue weighted by Gasteiger charge is -2.29. The number of nitrogens with one attached hydrogen (secondary N) is 1. The smallest absolute Gasteiger partial charge is 0.302 e. The maximum atomic E-state index is 12.9. The first-order valence-corrected chi connectivity index (χ1v) is 13.7. The minimum absolute atomic E-state index is 0.00322. The molecule has 7 nitrogen and oxygen atoms in total. The van der Waals surface area contributed by atoms with E-state index >= 15 is 0 Å². The predicted molar refractivity (Wildman–Crippen MR) is 145 cm³/mol. The van der Waals surface area contributed by atoms with Crippen LogP contribution in [0.5, 0.6) is 11.5 Å². The van der Waals surface area contributed by atoms with Crippen molar-refractivity contribution in [1.29, 1.82) is 0 Å². The average Bonchev–Trinajstić information content (AvgIpc) is 3.39. The molecule has 2 aromatic rings. The number of benzene rings is 2. The van der Waals surface area contributed by atoms with Crippen molar-refractivity contribution in [2.75, 3.05) is 12.4 Å². The highest BCUT2D eigenvalue weighted by Gasteiger charge is 2.31. The molecule has 2 aliphatic rings. The van der Waals surface area contributed by atoms with E-state index in [0.29, 0.717) is 18.7 Å². The summed E-state index contributed by atoms with van der Waals surface area (Å²) in [4.78, 5) is 24.8. The highest BCUT2D eigenvalue weighted by molar-refractivity contribution is 8.14. The number of carbonyl (C=O) groups is 2. The second kappa shape index (κ2) is 12.3. The van der Waals surface area contributed by atoms with Gasteiger partial charge in [0.15, 0.2) is 11.5 Å². The van der Waals surface area contributed by atoms with E-state index in [1.165, 1.54) is 29.6 Å². The molecule has 1 aliphatic heterocycles. The number of anilines is 1. The van der Waals surface area contributed by atoms with Crippen molar-refractivity contribution in [3.05, 3.63) is 53.6 Å². The topological polar surface area (TPSA) is 80.2 Å². The van der Waals surface area contributed by atoms with E-state index in [2.05, 4.69) is 12.2 Å². The number of carbonyl (C=O) groups excluding carboxylic acids is 2. The second-order valence-corrected chi connectivity index (χ2v) is 10.4. The largest absolute Gasteiger partial charge is 0.493 e. The van der Waals surface area contributed by atoms with Crippen molar-refractivity contribution in [3.63, 3.8) is 0 Å². The van der Waals surface area contributed by atoms with E-state index < -0.39 is 0 Å². The number of hydrogen-bond donors (Lipinski definition) is 1. The Morgan fingerprint density at radius 2 is 1.86 bits per heavy atom. The number of nitrogens with zero attached hydrogens (tertiary/aromatic N) is 2. The van der Waals surface area contributed by atoms with Crippen molar-refractivity contribution < 1.29 is 19.1 Å². The molecule has 0 bridgehead atoms. The van der Waals surface area contributed by atoms with E-state index in [1.807, 2.05) is 49.4 Å². The first-order valence-electron chi connectivity index (χ1n) is 12.8.